The van der Waals surface area contributed by atoms with Gasteiger partial charge in [0.25, 0.3) is 5.91 Å². The lowest BCUT2D eigenvalue weighted by Crippen LogP contribution is -2.35. The van der Waals surface area contributed by atoms with E-state index < -0.39 is 0 Å². The summed E-state index contributed by atoms with van der Waals surface area (Å²) in [6.45, 7) is 8.00. The van der Waals surface area contributed by atoms with E-state index in [9.17, 15) is 4.79 Å². The van der Waals surface area contributed by atoms with Gasteiger partial charge in [-0.2, -0.15) is 0 Å². The zero-order valence-corrected chi connectivity index (χ0v) is 13.5. The maximum atomic E-state index is 12.2. The van der Waals surface area contributed by atoms with Crippen LogP contribution >= 0.6 is 11.3 Å². The number of hydrogen-bond donors (Lipinski definition) is 2. The Morgan fingerprint density at radius 2 is 2.10 bits per heavy atom. The first kappa shape index (κ1) is 15.8. The van der Waals surface area contributed by atoms with Crippen molar-refractivity contribution in [1.82, 2.24) is 10.2 Å². The van der Waals surface area contributed by atoms with Crippen LogP contribution in [0, 0.1) is 0 Å². The number of carbonyl (C=O) groups excluding carboxylic acids is 1. The molecule has 4 nitrogen and oxygen atoms in total. The molecule has 0 fully saturated rings. The summed E-state index contributed by atoms with van der Waals surface area (Å²) in [4.78, 5) is 15.3. The summed E-state index contributed by atoms with van der Waals surface area (Å²) in [5.41, 5.74) is 6.49. The lowest BCUT2D eigenvalue weighted by Gasteiger charge is -2.19. The van der Waals surface area contributed by atoms with Crippen LogP contribution in [0.25, 0.3) is 10.1 Å². The highest BCUT2D eigenvalue weighted by Crippen LogP contribution is 2.27. The summed E-state index contributed by atoms with van der Waals surface area (Å²) < 4.78 is 1.09. The van der Waals surface area contributed by atoms with Gasteiger partial charge in [-0.1, -0.05) is 13.8 Å². The third-order valence-corrected chi connectivity index (χ3v) is 4.58. The Labute approximate surface area is 129 Å². The number of nitrogen functional groups attached to an aromatic ring is 1. The summed E-state index contributed by atoms with van der Waals surface area (Å²) in [5.74, 6) is 0.00215. The normalized spacial score (nSPS) is 11.2. The Morgan fingerprint density at radius 1 is 1.29 bits per heavy atom. The van der Waals surface area contributed by atoms with Crippen LogP contribution in [0.1, 0.15) is 29.9 Å². The fraction of sp³-hybridized carbons (Fsp3) is 0.438. The smallest absolute Gasteiger partial charge is 0.261 e. The summed E-state index contributed by atoms with van der Waals surface area (Å²) in [5, 5.41) is 4.03. The Bertz CT molecular complexity index is 609. The molecule has 0 unspecified atom stereocenters. The van der Waals surface area contributed by atoms with Gasteiger partial charge in [0, 0.05) is 23.5 Å². The summed E-state index contributed by atoms with van der Waals surface area (Å²) in [6, 6.07) is 7.65. The number of thiophene rings is 1. The molecule has 1 aromatic heterocycles. The summed E-state index contributed by atoms with van der Waals surface area (Å²) in [7, 11) is 0. The van der Waals surface area contributed by atoms with Crippen molar-refractivity contribution in [3.8, 4) is 0 Å². The number of carbonyl (C=O) groups is 1. The van der Waals surface area contributed by atoms with Crippen molar-refractivity contribution in [3.63, 3.8) is 0 Å². The van der Waals surface area contributed by atoms with Crippen molar-refractivity contribution >= 4 is 33.0 Å². The van der Waals surface area contributed by atoms with Gasteiger partial charge in [-0.25, -0.2) is 0 Å². The van der Waals surface area contributed by atoms with E-state index in [1.165, 1.54) is 11.3 Å². The van der Waals surface area contributed by atoms with Crippen LogP contribution in [0.3, 0.4) is 0 Å². The largest absolute Gasteiger partial charge is 0.399 e. The molecule has 0 radical (unpaired) electrons. The van der Waals surface area contributed by atoms with E-state index in [1.54, 1.807) is 0 Å². The number of benzene rings is 1. The highest BCUT2D eigenvalue weighted by molar-refractivity contribution is 7.20. The van der Waals surface area contributed by atoms with Crippen molar-refractivity contribution in [3.05, 3.63) is 29.1 Å². The molecular weight excluding hydrogens is 282 g/mol. The maximum Gasteiger partial charge on any atom is 0.261 e. The first-order valence-corrected chi connectivity index (χ1v) is 8.25. The molecule has 1 amide bonds. The van der Waals surface area contributed by atoms with Crippen molar-refractivity contribution < 1.29 is 4.79 Å². The minimum Gasteiger partial charge on any atom is -0.399 e. The summed E-state index contributed by atoms with van der Waals surface area (Å²) in [6.07, 6.45) is 1.14. The van der Waals surface area contributed by atoms with Gasteiger partial charge in [-0.3, -0.25) is 4.79 Å². The predicted octanol–water partition coefficient (Wildman–Crippen LogP) is 2.95. The molecule has 0 aliphatic carbocycles. The van der Waals surface area contributed by atoms with E-state index in [0.29, 0.717) is 6.54 Å². The highest BCUT2D eigenvalue weighted by atomic mass is 32.1. The van der Waals surface area contributed by atoms with Crippen LogP contribution in [0.15, 0.2) is 24.3 Å². The van der Waals surface area contributed by atoms with E-state index in [4.69, 9.17) is 5.73 Å². The third-order valence-electron chi connectivity index (χ3n) is 3.46. The first-order valence-electron chi connectivity index (χ1n) is 7.43. The molecule has 21 heavy (non-hydrogen) atoms. The molecule has 0 saturated heterocycles. The quantitative estimate of drug-likeness (QED) is 0.773. The molecule has 5 heteroatoms. The Hall–Kier alpha value is -1.59. The molecule has 0 spiro atoms. The Kier molecular flexibility index (Phi) is 5.59. The van der Waals surface area contributed by atoms with E-state index in [0.717, 1.165) is 46.7 Å². The fourth-order valence-electron chi connectivity index (χ4n) is 2.33. The van der Waals surface area contributed by atoms with E-state index >= 15 is 0 Å². The second-order valence-corrected chi connectivity index (χ2v) is 6.18. The molecule has 3 N–H and O–H groups in total. The van der Waals surface area contributed by atoms with Gasteiger partial charge in [0.15, 0.2) is 0 Å². The molecule has 0 aliphatic heterocycles. The van der Waals surface area contributed by atoms with Gasteiger partial charge in [0.2, 0.25) is 0 Å². The minimum atomic E-state index is 0.00215. The lowest BCUT2D eigenvalue weighted by atomic mass is 10.2. The molecule has 2 rings (SSSR count). The van der Waals surface area contributed by atoms with E-state index in [1.807, 2.05) is 24.3 Å². The zero-order chi connectivity index (χ0) is 15.2. The topological polar surface area (TPSA) is 58.4 Å². The van der Waals surface area contributed by atoms with Crippen LogP contribution in [-0.2, 0) is 0 Å². The van der Waals surface area contributed by atoms with Crippen LogP contribution < -0.4 is 11.1 Å². The summed E-state index contributed by atoms with van der Waals surface area (Å²) >= 11 is 1.51. The number of nitrogens with one attached hydrogen (secondary N) is 1. The molecule has 1 heterocycles. The maximum absolute atomic E-state index is 12.2. The zero-order valence-electron chi connectivity index (χ0n) is 12.7. The number of hydrogen-bond acceptors (Lipinski definition) is 4. The lowest BCUT2D eigenvalue weighted by molar-refractivity contribution is 0.0952. The average Bonchev–Trinajstić information content (AvgIpc) is 2.89. The SMILES string of the molecule is CCCN(CC)CCNC(=O)c1cc2cc(N)ccc2s1. The number of nitrogens with two attached hydrogens (primary N) is 1. The molecule has 1 aromatic carbocycles. The number of fused-ring (bicyclic) bond motifs is 1. The number of amides is 1. The first-order chi connectivity index (χ1) is 10.1. The molecule has 0 aliphatic rings. The van der Waals surface area contributed by atoms with Crippen LogP contribution in [0.4, 0.5) is 5.69 Å². The third kappa shape index (κ3) is 4.19. The second kappa shape index (κ2) is 7.43. The van der Waals surface area contributed by atoms with E-state index in [-0.39, 0.29) is 5.91 Å². The molecule has 0 atom stereocenters. The Balaban J connectivity index is 1.93. The molecule has 0 saturated carbocycles. The van der Waals surface area contributed by atoms with Gasteiger partial charge in [-0.05, 0) is 49.2 Å². The van der Waals surface area contributed by atoms with Crippen LogP contribution in [0.2, 0.25) is 0 Å². The van der Waals surface area contributed by atoms with Crippen LogP contribution in [0.5, 0.6) is 0 Å². The van der Waals surface area contributed by atoms with Crippen molar-refractivity contribution in [1.29, 1.82) is 0 Å². The van der Waals surface area contributed by atoms with Gasteiger partial charge >= 0.3 is 0 Å². The standard InChI is InChI=1S/C16H23N3OS/c1-3-8-19(4-2)9-7-18-16(20)15-11-12-10-13(17)5-6-14(12)21-15/h5-6,10-11H,3-4,7-9,17H2,1-2H3,(H,18,20). The Morgan fingerprint density at radius 3 is 2.81 bits per heavy atom. The van der Waals surface area contributed by atoms with E-state index in [2.05, 4.69) is 24.1 Å². The average molecular weight is 305 g/mol. The number of rotatable bonds is 7. The van der Waals surface area contributed by atoms with Gasteiger partial charge in [-0.15, -0.1) is 11.3 Å². The van der Waals surface area contributed by atoms with Gasteiger partial charge in [0.05, 0.1) is 4.88 Å². The van der Waals surface area contributed by atoms with Crippen molar-refractivity contribution in [2.45, 2.75) is 20.3 Å². The second-order valence-electron chi connectivity index (χ2n) is 5.10. The van der Waals surface area contributed by atoms with Crippen molar-refractivity contribution in [2.24, 2.45) is 0 Å². The predicted molar refractivity (Wildman–Crippen MR) is 91.0 cm³/mol. The highest BCUT2D eigenvalue weighted by Gasteiger charge is 2.10. The molecule has 0 bridgehead atoms. The van der Waals surface area contributed by atoms with Gasteiger partial charge < -0.3 is 16.0 Å². The number of anilines is 1. The molecule has 114 valence electrons. The fourth-order valence-corrected chi connectivity index (χ4v) is 3.29. The van der Waals surface area contributed by atoms with Gasteiger partial charge in [0.1, 0.15) is 0 Å². The number of likely N-dealkylation sites (N-methyl/N-ethyl adjacent to an activating group) is 1. The molecular formula is C16H23N3OS. The monoisotopic (exact) mass is 305 g/mol. The minimum absolute atomic E-state index is 0.00215. The molecule has 2 aromatic rings. The van der Waals surface area contributed by atoms with Crippen molar-refractivity contribution in [2.75, 3.05) is 31.9 Å². The van der Waals surface area contributed by atoms with Crippen LogP contribution in [-0.4, -0.2) is 37.0 Å². The number of nitrogens with zero attached hydrogens (tertiary/aromatic N) is 1.